The molecule has 0 saturated heterocycles. The molecule has 0 aliphatic heterocycles. The predicted molar refractivity (Wildman–Crippen MR) is 128 cm³/mol. The molecule has 11 heteroatoms. The number of hydrogen-bond donors (Lipinski definition) is 2. The van der Waals surface area contributed by atoms with Crippen molar-refractivity contribution in [1.29, 1.82) is 0 Å². The summed E-state index contributed by atoms with van der Waals surface area (Å²) in [6.07, 6.45) is 2.96. The Morgan fingerprint density at radius 2 is 1.85 bits per heavy atom. The summed E-state index contributed by atoms with van der Waals surface area (Å²) in [5, 5.41) is 4.24. The number of hydrogen-bond acceptors (Lipinski definition) is 7. The lowest BCUT2D eigenvalue weighted by atomic mass is 10.1. The lowest BCUT2D eigenvalue weighted by Crippen LogP contribution is -2.39. The zero-order valence-corrected chi connectivity index (χ0v) is 19.6. The summed E-state index contributed by atoms with van der Waals surface area (Å²) in [6, 6.07) is 6.51. The van der Waals surface area contributed by atoms with Gasteiger partial charge >= 0.3 is 11.7 Å². The quantitative estimate of drug-likeness (QED) is 0.480. The summed E-state index contributed by atoms with van der Waals surface area (Å²) in [5.74, 6) is -0.995. The van der Waals surface area contributed by atoms with Crippen molar-refractivity contribution >= 4 is 23.4 Å². The number of carbonyl (C=O) groups excluding carboxylic acids is 2. The van der Waals surface area contributed by atoms with Crippen LogP contribution in [0.15, 0.2) is 40.1 Å². The van der Waals surface area contributed by atoms with E-state index in [1.54, 1.807) is 42.8 Å². The van der Waals surface area contributed by atoms with E-state index in [0.717, 1.165) is 11.3 Å². The summed E-state index contributed by atoms with van der Waals surface area (Å²) < 4.78 is 7.86. The maximum absolute atomic E-state index is 13.1. The molecule has 0 unspecified atom stereocenters. The molecule has 34 heavy (non-hydrogen) atoms. The van der Waals surface area contributed by atoms with Crippen LogP contribution in [-0.2, 0) is 11.3 Å². The summed E-state index contributed by atoms with van der Waals surface area (Å²) in [7, 11) is 1.43. The highest BCUT2D eigenvalue weighted by Gasteiger charge is 2.22. The molecule has 2 aromatic heterocycles. The van der Waals surface area contributed by atoms with Gasteiger partial charge in [0, 0.05) is 19.2 Å². The van der Waals surface area contributed by atoms with Crippen molar-refractivity contribution in [1.82, 2.24) is 19.3 Å². The van der Waals surface area contributed by atoms with Crippen LogP contribution in [0.2, 0.25) is 0 Å². The number of nitrogen functional groups attached to an aromatic ring is 1. The number of nitrogens with zero attached hydrogens (tertiary/aromatic N) is 4. The van der Waals surface area contributed by atoms with E-state index in [0.29, 0.717) is 35.5 Å². The molecule has 11 nitrogen and oxygen atoms in total. The minimum absolute atomic E-state index is 0.0617. The van der Waals surface area contributed by atoms with Crippen molar-refractivity contribution in [2.45, 2.75) is 40.2 Å². The molecule has 0 radical (unpaired) electrons. The number of rotatable bonds is 8. The Balaban J connectivity index is 1.89. The number of nitrogens with two attached hydrogens (primary N) is 1. The van der Waals surface area contributed by atoms with E-state index in [-0.39, 0.29) is 18.1 Å². The number of ether oxygens (including phenoxy) is 1. The van der Waals surface area contributed by atoms with Crippen LogP contribution in [0.1, 0.15) is 53.1 Å². The van der Waals surface area contributed by atoms with Gasteiger partial charge in [0.15, 0.2) is 5.69 Å². The van der Waals surface area contributed by atoms with Gasteiger partial charge in [0.2, 0.25) is 0 Å². The lowest BCUT2D eigenvalue weighted by molar-refractivity contribution is 0.0525. The average molecular weight is 469 g/mol. The van der Waals surface area contributed by atoms with Crippen molar-refractivity contribution in [3.8, 4) is 5.69 Å². The first kappa shape index (κ1) is 24.5. The molecule has 0 atom stereocenters. The topological polar surface area (TPSA) is 145 Å². The van der Waals surface area contributed by atoms with Gasteiger partial charge in [-0.15, -0.1) is 0 Å². The molecule has 0 fully saturated rings. The van der Waals surface area contributed by atoms with Crippen LogP contribution in [-0.4, -0.2) is 44.9 Å². The number of amides is 1. The number of aromatic nitrogens is 4. The molecule has 1 aromatic carbocycles. The highest BCUT2D eigenvalue weighted by molar-refractivity contribution is 6.06. The first-order chi connectivity index (χ1) is 16.2. The summed E-state index contributed by atoms with van der Waals surface area (Å²) in [5.41, 5.74) is 6.56. The van der Waals surface area contributed by atoms with Crippen LogP contribution in [0, 0.1) is 6.92 Å². The zero-order valence-electron chi connectivity index (χ0n) is 19.6. The van der Waals surface area contributed by atoms with Crippen molar-refractivity contribution in [3.63, 3.8) is 0 Å². The molecule has 180 valence electrons. The van der Waals surface area contributed by atoms with Crippen LogP contribution in [0.5, 0.6) is 0 Å². The van der Waals surface area contributed by atoms with E-state index < -0.39 is 23.1 Å². The number of nitrogens with one attached hydrogen (secondary N) is 1. The van der Waals surface area contributed by atoms with Gasteiger partial charge in [0.25, 0.3) is 11.5 Å². The molecule has 0 aliphatic carbocycles. The molecule has 0 aliphatic rings. The van der Waals surface area contributed by atoms with Gasteiger partial charge < -0.3 is 15.4 Å². The molecule has 2 heterocycles. The van der Waals surface area contributed by atoms with Crippen LogP contribution in [0.25, 0.3) is 5.69 Å². The Bertz CT molecular complexity index is 1320. The summed E-state index contributed by atoms with van der Waals surface area (Å²) >= 11 is 0. The van der Waals surface area contributed by atoms with E-state index in [1.807, 2.05) is 6.92 Å². The van der Waals surface area contributed by atoms with Gasteiger partial charge in [-0.2, -0.15) is 5.10 Å². The van der Waals surface area contributed by atoms with Crippen LogP contribution >= 0.6 is 0 Å². The van der Waals surface area contributed by atoms with Crippen molar-refractivity contribution in [2.24, 2.45) is 0 Å². The molecular formula is C23H28N6O5. The van der Waals surface area contributed by atoms with E-state index in [4.69, 9.17) is 10.5 Å². The second-order valence-electron chi connectivity index (χ2n) is 7.69. The molecule has 1 amide bonds. The second kappa shape index (κ2) is 10.2. The highest BCUT2D eigenvalue weighted by Crippen LogP contribution is 2.20. The van der Waals surface area contributed by atoms with E-state index >= 15 is 0 Å². The molecular weight excluding hydrogens is 440 g/mol. The fraction of sp³-hybridized carbons (Fsp3) is 0.348. The number of unbranched alkanes of at least 4 members (excludes halogenated alkanes) is 1. The van der Waals surface area contributed by atoms with Gasteiger partial charge in [-0.05, 0) is 44.5 Å². The maximum Gasteiger partial charge on any atom is 0.341 e. The molecule has 3 aromatic rings. The Labute approximate surface area is 195 Å². The van der Waals surface area contributed by atoms with Crippen molar-refractivity contribution in [2.75, 3.05) is 24.3 Å². The van der Waals surface area contributed by atoms with Gasteiger partial charge in [-0.25, -0.2) is 14.3 Å². The van der Waals surface area contributed by atoms with Gasteiger partial charge in [0.1, 0.15) is 11.4 Å². The lowest BCUT2D eigenvalue weighted by Gasteiger charge is -2.20. The summed E-state index contributed by atoms with van der Waals surface area (Å²) in [6.45, 7) is 6.03. The molecule has 3 rings (SSSR count). The van der Waals surface area contributed by atoms with Crippen LogP contribution in [0.4, 0.5) is 11.5 Å². The van der Waals surface area contributed by atoms with Crippen molar-refractivity contribution in [3.05, 3.63) is 68.1 Å². The fourth-order valence-electron chi connectivity index (χ4n) is 3.56. The first-order valence-electron chi connectivity index (χ1n) is 10.9. The largest absolute Gasteiger partial charge is 0.462 e. The maximum atomic E-state index is 13.1. The SMILES string of the molecule is CCCCn1c(N)c(N(C)C(=O)c2ccc(-n3ncc(C(=O)OCC)c3C)cc2)c(=O)[nH]c1=O. The third-order valence-corrected chi connectivity index (χ3v) is 5.45. The number of anilines is 2. The number of carbonyl (C=O) groups is 2. The Morgan fingerprint density at radius 1 is 1.18 bits per heavy atom. The average Bonchev–Trinajstić information content (AvgIpc) is 3.19. The first-order valence-corrected chi connectivity index (χ1v) is 10.9. The third kappa shape index (κ3) is 4.63. The predicted octanol–water partition coefficient (Wildman–Crippen LogP) is 1.87. The van der Waals surface area contributed by atoms with Gasteiger partial charge in [0.05, 0.1) is 24.2 Å². The second-order valence-corrected chi connectivity index (χ2v) is 7.69. The van der Waals surface area contributed by atoms with Crippen LogP contribution < -0.4 is 21.9 Å². The number of H-pyrrole nitrogens is 1. The van der Waals surface area contributed by atoms with Crippen LogP contribution in [0.3, 0.4) is 0 Å². The van der Waals surface area contributed by atoms with E-state index in [2.05, 4.69) is 10.1 Å². The highest BCUT2D eigenvalue weighted by atomic mass is 16.5. The number of benzene rings is 1. The van der Waals surface area contributed by atoms with Gasteiger partial charge in [-0.1, -0.05) is 13.3 Å². The summed E-state index contributed by atoms with van der Waals surface area (Å²) in [4.78, 5) is 53.1. The number of esters is 1. The monoisotopic (exact) mass is 468 g/mol. The standard InChI is InChI=1S/C23H28N6O5/c1-5-7-12-28-19(24)18(20(30)26-23(28)33)27(4)21(31)15-8-10-16(11-9-15)29-14(3)17(13-25-29)22(32)34-6-2/h8-11,13H,5-7,12,24H2,1-4H3,(H,26,30,33). The minimum atomic E-state index is -0.735. The Morgan fingerprint density at radius 3 is 2.47 bits per heavy atom. The van der Waals surface area contributed by atoms with E-state index in [1.165, 1.54) is 17.8 Å². The number of aromatic amines is 1. The molecule has 3 N–H and O–H groups in total. The minimum Gasteiger partial charge on any atom is -0.462 e. The fourth-order valence-corrected chi connectivity index (χ4v) is 3.56. The third-order valence-electron chi connectivity index (χ3n) is 5.45. The van der Waals surface area contributed by atoms with Gasteiger partial charge in [-0.3, -0.25) is 19.1 Å². The van der Waals surface area contributed by atoms with Crippen molar-refractivity contribution < 1.29 is 14.3 Å². The Kier molecular flexibility index (Phi) is 7.34. The zero-order chi connectivity index (χ0) is 25.0. The normalized spacial score (nSPS) is 10.8. The molecule has 0 saturated carbocycles. The molecule has 0 spiro atoms. The molecule has 0 bridgehead atoms. The smallest absolute Gasteiger partial charge is 0.341 e. The Hall–Kier alpha value is -4.15. The van der Waals surface area contributed by atoms with E-state index in [9.17, 15) is 19.2 Å².